The van der Waals surface area contributed by atoms with Crippen molar-refractivity contribution >= 4 is 11.8 Å². The van der Waals surface area contributed by atoms with Gasteiger partial charge >= 0.3 is 5.97 Å². The highest BCUT2D eigenvalue weighted by Gasteiger charge is 2.45. The van der Waals surface area contributed by atoms with Crippen molar-refractivity contribution in [1.82, 2.24) is 0 Å². The molecule has 0 aromatic heterocycles. The number of aliphatic hydroxyl groups excluding tert-OH is 4. The van der Waals surface area contributed by atoms with Gasteiger partial charge < -0.3 is 34.6 Å². The molecule has 8 unspecified atom stereocenters. The van der Waals surface area contributed by atoms with Gasteiger partial charge in [-0.1, -0.05) is 19.1 Å². The van der Waals surface area contributed by atoms with Crippen LogP contribution >= 0.6 is 0 Å². The van der Waals surface area contributed by atoms with Crippen LogP contribution in [0.4, 0.5) is 0 Å². The van der Waals surface area contributed by atoms with Crippen LogP contribution in [0.5, 0.6) is 0 Å². The van der Waals surface area contributed by atoms with Crippen molar-refractivity contribution < 1.29 is 44.2 Å². The van der Waals surface area contributed by atoms with Crippen molar-refractivity contribution in [3.05, 3.63) is 23.3 Å². The molecule has 9 nitrogen and oxygen atoms in total. The maximum Gasteiger partial charge on any atom is 0.309 e. The summed E-state index contributed by atoms with van der Waals surface area (Å²) in [5, 5.41) is 39.8. The van der Waals surface area contributed by atoms with Gasteiger partial charge in [0.1, 0.15) is 36.6 Å². The molecule has 0 aliphatic carbocycles. The van der Waals surface area contributed by atoms with Gasteiger partial charge in [0.25, 0.3) is 0 Å². The van der Waals surface area contributed by atoms with Gasteiger partial charge in [-0.15, -0.1) is 0 Å². The van der Waals surface area contributed by atoms with Crippen molar-refractivity contribution in [2.75, 3.05) is 6.61 Å². The fraction of sp³-hybridized carbons (Fsp3) is 0.739. The summed E-state index contributed by atoms with van der Waals surface area (Å²) < 4.78 is 16.3. The topological polar surface area (TPSA) is 143 Å². The van der Waals surface area contributed by atoms with Crippen LogP contribution in [-0.4, -0.2) is 81.7 Å². The van der Waals surface area contributed by atoms with Crippen molar-refractivity contribution in [1.29, 1.82) is 0 Å². The first-order chi connectivity index (χ1) is 15.0. The summed E-state index contributed by atoms with van der Waals surface area (Å²) in [5.74, 6) is -1.51. The molecule has 9 heteroatoms. The Labute approximate surface area is 189 Å². The number of allylic oxidation sites excluding steroid dienone is 2. The van der Waals surface area contributed by atoms with E-state index in [9.17, 15) is 30.0 Å². The van der Waals surface area contributed by atoms with Crippen LogP contribution in [0.25, 0.3) is 0 Å². The number of aliphatic hydroxyl groups is 4. The number of ketones is 1. The van der Waals surface area contributed by atoms with Gasteiger partial charge in [-0.05, 0) is 52.2 Å². The van der Waals surface area contributed by atoms with Crippen LogP contribution < -0.4 is 0 Å². The zero-order valence-corrected chi connectivity index (χ0v) is 19.7. The highest BCUT2D eigenvalue weighted by atomic mass is 16.7. The number of esters is 1. The fourth-order valence-corrected chi connectivity index (χ4v) is 3.13. The van der Waals surface area contributed by atoms with E-state index in [1.165, 1.54) is 0 Å². The third-order valence-corrected chi connectivity index (χ3v) is 5.92. The Morgan fingerprint density at radius 3 is 2.16 bits per heavy atom. The second kappa shape index (κ2) is 13.2. The zero-order valence-electron chi connectivity index (χ0n) is 19.7. The van der Waals surface area contributed by atoms with Gasteiger partial charge in [0.05, 0.1) is 12.5 Å². The number of rotatable bonds is 12. The minimum atomic E-state index is -1.57. The molecule has 1 fully saturated rings. The maximum absolute atomic E-state index is 12.6. The number of hydrogen-bond acceptors (Lipinski definition) is 9. The van der Waals surface area contributed by atoms with E-state index >= 15 is 0 Å². The normalized spacial score (nSPS) is 28.2. The highest BCUT2D eigenvalue weighted by Crippen LogP contribution is 2.26. The number of carbonyl (C=O) groups is 2. The van der Waals surface area contributed by atoms with E-state index in [0.717, 1.165) is 5.57 Å². The molecular weight excluding hydrogens is 420 g/mol. The monoisotopic (exact) mass is 458 g/mol. The molecule has 1 aliphatic rings. The first-order valence-corrected chi connectivity index (χ1v) is 10.9. The van der Waals surface area contributed by atoms with E-state index in [1.54, 1.807) is 33.8 Å². The van der Waals surface area contributed by atoms with Crippen LogP contribution in [0.2, 0.25) is 0 Å². The molecule has 4 N–H and O–H groups in total. The van der Waals surface area contributed by atoms with Crippen molar-refractivity contribution in [3.63, 3.8) is 0 Å². The van der Waals surface area contributed by atoms with Gasteiger partial charge in [-0.25, -0.2) is 0 Å². The van der Waals surface area contributed by atoms with Gasteiger partial charge in [0.2, 0.25) is 0 Å². The van der Waals surface area contributed by atoms with E-state index < -0.39 is 61.1 Å². The molecule has 0 radical (unpaired) electrons. The number of ether oxygens (including phenoxy) is 3. The molecule has 1 aliphatic heterocycles. The maximum atomic E-state index is 12.6. The molecule has 0 bridgehead atoms. The number of Topliss-reactive ketones (excluding diaryl/α,β-unsaturated/α-hetero) is 1. The summed E-state index contributed by atoms with van der Waals surface area (Å²) in [6.45, 7) is 9.97. The van der Waals surface area contributed by atoms with Gasteiger partial charge in [-0.2, -0.15) is 0 Å². The summed E-state index contributed by atoms with van der Waals surface area (Å²) in [4.78, 5) is 24.9. The Bertz CT molecular complexity index is 687. The summed E-state index contributed by atoms with van der Waals surface area (Å²) in [6, 6.07) is 0. The smallest absolute Gasteiger partial charge is 0.309 e. The summed E-state index contributed by atoms with van der Waals surface area (Å²) >= 11 is 0. The molecule has 0 aromatic carbocycles. The molecule has 0 spiro atoms. The SMILES string of the molecule is C/C=C(/C)C(C)OC(=O)C(C)CCC(=O)C(O)C(OC1OC(CO)C(O)C1O)/C(C)=C/C. The first-order valence-electron chi connectivity index (χ1n) is 10.9. The molecule has 0 saturated carbocycles. The summed E-state index contributed by atoms with van der Waals surface area (Å²) in [6.07, 6.45) is -4.61. The van der Waals surface area contributed by atoms with Crippen LogP contribution in [-0.2, 0) is 23.8 Å². The van der Waals surface area contributed by atoms with Gasteiger partial charge in [0, 0.05) is 6.42 Å². The minimum Gasteiger partial charge on any atom is -0.458 e. The lowest BCUT2D eigenvalue weighted by Crippen LogP contribution is -2.43. The quantitative estimate of drug-likeness (QED) is 0.249. The third kappa shape index (κ3) is 7.47. The molecule has 1 heterocycles. The van der Waals surface area contributed by atoms with Crippen LogP contribution in [0.1, 0.15) is 54.4 Å². The Morgan fingerprint density at radius 2 is 1.66 bits per heavy atom. The first kappa shape index (κ1) is 28.4. The summed E-state index contributed by atoms with van der Waals surface area (Å²) in [5.41, 5.74) is 1.44. The standard InChI is InChI=1S/C23H38O9/c1-7-12(3)15(6)30-22(29)14(5)9-10-16(25)18(26)21(13(4)8-2)32-23-20(28)19(27)17(11-24)31-23/h7-8,14-15,17-21,23-24,26-28H,9-11H2,1-6H3/b12-7-,13-8+. The largest absolute Gasteiger partial charge is 0.458 e. The zero-order chi connectivity index (χ0) is 24.6. The third-order valence-electron chi connectivity index (χ3n) is 5.92. The summed E-state index contributed by atoms with van der Waals surface area (Å²) in [7, 11) is 0. The van der Waals surface area contributed by atoms with Crippen molar-refractivity contribution in [2.24, 2.45) is 5.92 Å². The predicted molar refractivity (Wildman–Crippen MR) is 116 cm³/mol. The lowest BCUT2D eigenvalue weighted by molar-refractivity contribution is -0.202. The second-order valence-corrected chi connectivity index (χ2v) is 8.26. The Balaban J connectivity index is 2.74. The molecule has 8 atom stereocenters. The van der Waals surface area contributed by atoms with Gasteiger partial charge in [-0.3, -0.25) is 9.59 Å². The van der Waals surface area contributed by atoms with Crippen LogP contribution in [0, 0.1) is 5.92 Å². The highest BCUT2D eigenvalue weighted by molar-refractivity contribution is 5.84. The Hall–Kier alpha value is -1.62. The van der Waals surface area contributed by atoms with Crippen molar-refractivity contribution in [3.8, 4) is 0 Å². The molecule has 0 aromatic rings. The van der Waals surface area contributed by atoms with E-state index in [-0.39, 0.29) is 18.9 Å². The van der Waals surface area contributed by atoms with E-state index in [1.807, 2.05) is 19.9 Å². The Morgan fingerprint density at radius 1 is 1.06 bits per heavy atom. The lowest BCUT2D eigenvalue weighted by atomic mass is 9.96. The molecule has 32 heavy (non-hydrogen) atoms. The molecule has 1 rings (SSSR count). The Kier molecular flexibility index (Phi) is 11.7. The molecule has 184 valence electrons. The molecular formula is C23H38O9. The van der Waals surface area contributed by atoms with Crippen molar-refractivity contribution in [2.45, 2.75) is 97.3 Å². The van der Waals surface area contributed by atoms with Crippen LogP contribution in [0.3, 0.4) is 0 Å². The average molecular weight is 459 g/mol. The van der Waals surface area contributed by atoms with E-state index in [0.29, 0.717) is 5.57 Å². The van der Waals surface area contributed by atoms with Gasteiger partial charge in [0.15, 0.2) is 12.1 Å². The molecule has 1 saturated heterocycles. The predicted octanol–water partition coefficient (Wildman–Crippen LogP) is 1.02. The average Bonchev–Trinajstić information content (AvgIpc) is 3.06. The van der Waals surface area contributed by atoms with E-state index in [4.69, 9.17) is 14.2 Å². The second-order valence-electron chi connectivity index (χ2n) is 8.26. The fourth-order valence-electron chi connectivity index (χ4n) is 3.13. The lowest BCUT2D eigenvalue weighted by Gasteiger charge is -2.28. The van der Waals surface area contributed by atoms with Crippen LogP contribution in [0.15, 0.2) is 23.3 Å². The van der Waals surface area contributed by atoms with E-state index in [2.05, 4.69) is 0 Å². The number of hydrogen-bond donors (Lipinski definition) is 4. The molecule has 0 amide bonds. The minimum absolute atomic E-state index is 0.0821. The number of carbonyl (C=O) groups excluding carboxylic acids is 2.